The number of nitrogens with zero attached hydrogens (tertiary/aromatic N) is 2. The summed E-state index contributed by atoms with van der Waals surface area (Å²) in [6, 6.07) is 16.8. The summed E-state index contributed by atoms with van der Waals surface area (Å²) in [5, 5.41) is 9.74. The predicted molar refractivity (Wildman–Crippen MR) is 109 cm³/mol. The summed E-state index contributed by atoms with van der Waals surface area (Å²) in [6.45, 7) is 2.92. The fraction of sp³-hybridized carbons (Fsp3) is 0.286. The van der Waals surface area contributed by atoms with Crippen LogP contribution in [-0.4, -0.2) is 42.2 Å². The normalized spacial score (nSPS) is 13.6. The van der Waals surface area contributed by atoms with E-state index < -0.39 is 0 Å². The molecule has 1 saturated heterocycles. The zero-order chi connectivity index (χ0) is 19.8. The molecule has 0 aromatic heterocycles. The Labute approximate surface area is 164 Å². The van der Waals surface area contributed by atoms with Gasteiger partial charge in [-0.2, -0.15) is 0 Å². The Bertz CT molecular complexity index is 842. The molecule has 0 atom stereocenters. The molecule has 0 aliphatic carbocycles. The van der Waals surface area contributed by atoms with Crippen LogP contribution in [-0.2, 0) is 9.63 Å². The van der Waals surface area contributed by atoms with Gasteiger partial charge in [0, 0.05) is 37.3 Å². The minimum atomic E-state index is -0.252. The lowest BCUT2D eigenvalue weighted by Crippen LogP contribution is -2.41. The van der Waals surface area contributed by atoms with Gasteiger partial charge in [0.2, 0.25) is 0 Å². The molecule has 0 bridgehead atoms. The van der Waals surface area contributed by atoms with Crippen LogP contribution in [0.3, 0.4) is 0 Å². The third-order valence-electron chi connectivity index (χ3n) is 4.46. The number of para-hydroxylation sites is 2. The second-order valence-corrected chi connectivity index (χ2v) is 6.58. The van der Waals surface area contributed by atoms with Gasteiger partial charge in [0.05, 0.1) is 5.71 Å². The SMILES string of the molecule is Cc1ccccc1NC(=O)CON=C1CCN(C(=O)Nc2ccccc2)CC1. The Morgan fingerprint density at radius 2 is 1.68 bits per heavy atom. The molecule has 7 nitrogen and oxygen atoms in total. The molecule has 1 fully saturated rings. The van der Waals surface area contributed by atoms with E-state index in [9.17, 15) is 9.59 Å². The van der Waals surface area contributed by atoms with E-state index in [0.29, 0.717) is 25.9 Å². The molecule has 2 aromatic carbocycles. The number of hydrogen-bond acceptors (Lipinski definition) is 4. The van der Waals surface area contributed by atoms with E-state index in [0.717, 1.165) is 22.6 Å². The van der Waals surface area contributed by atoms with Crippen molar-refractivity contribution in [1.82, 2.24) is 4.90 Å². The highest BCUT2D eigenvalue weighted by Crippen LogP contribution is 2.13. The minimum Gasteiger partial charge on any atom is -0.386 e. The maximum absolute atomic E-state index is 12.3. The van der Waals surface area contributed by atoms with Gasteiger partial charge in [0.15, 0.2) is 6.61 Å². The van der Waals surface area contributed by atoms with Crippen LogP contribution < -0.4 is 10.6 Å². The fourth-order valence-corrected chi connectivity index (χ4v) is 2.86. The van der Waals surface area contributed by atoms with Gasteiger partial charge in [0.25, 0.3) is 5.91 Å². The van der Waals surface area contributed by atoms with Crippen LogP contribution in [0.4, 0.5) is 16.2 Å². The van der Waals surface area contributed by atoms with Gasteiger partial charge < -0.3 is 20.4 Å². The van der Waals surface area contributed by atoms with E-state index >= 15 is 0 Å². The average Bonchev–Trinajstić information content (AvgIpc) is 2.71. The van der Waals surface area contributed by atoms with E-state index in [1.165, 1.54) is 0 Å². The summed E-state index contributed by atoms with van der Waals surface area (Å²) < 4.78 is 0. The monoisotopic (exact) mass is 380 g/mol. The van der Waals surface area contributed by atoms with Crippen molar-refractivity contribution in [3.05, 3.63) is 60.2 Å². The smallest absolute Gasteiger partial charge is 0.321 e. The molecule has 1 heterocycles. The van der Waals surface area contributed by atoms with Crippen molar-refractivity contribution in [2.75, 3.05) is 30.3 Å². The third-order valence-corrected chi connectivity index (χ3v) is 4.46. The number of amides is 3. The number of carbonyl (C=O) groups is 2. The van der Waals surface area contributed by atoms with E-state index in [4.69, 9.17) is 4.84 Å². The molecule has 2 N–H and O–H groups in total. The summed E-state index contributed by atoms with van der Waals surface area (Å²) in [7, 11) is 0. The van der Waals surface area contributed by atoms with E-state index in [2.05, 4.69) is 15.8 Å². The van der Waals surface area contributed by atoms with Gasteiger partial charge in [-0.05, 0) is 30.7 Å². The number of piperidine rings is 1. The zero-order valence-corrected chi connectivity index (χ0v) is 15.9. The zero-order valence-electron chi connectivity index (χ0n) is 15.9. The van der Waals surface area contributed by atoms with Crippen LogP contribution in [0.25, 0.3) is 0 Å². The molecule has 0 radical (unpaired) electrons. The molecule has 3 amide bonds. The van der Waals surface area contributed by atoms with Crippen molar-refractivity contribution >= 4 is 29.0 Å². The number of oxime groups is 1. The van der Waals surface area contributed by atoms with Crippen LogP contribution in [0.1, 0.15) is 18.4 Å². The van der Waals surface area contributed by atoms with E-state index in [-0.39, 0.29) is 18.5 Å². The molecule has 3 rings (SSSR count). The van der Waals surface area contributed by atoms with Crippen LogP contribution in [0.15, 0.2) is 59.8 Å². The summed E-state index contributed by atoms with van der Waals surface area (Å²) in [5.41, 5.74) is 3.38. The molecule has 2 aromatic rings. The summed E-state index contributed by atoms with van der Waals surface area (Å²) in [5.74, 6) is -0.252. The number of nitrogens with one attached hydrogen (secondary N) is 2. The molecule has 0 spiro atoms. The Balaban J connectivity index is 1.40. The van der Waals surface area contributed by atoms with Gasteiger partial charge in [-0.15, -0.1) is 0 Å². The first kappa shape index (κ1) is 19.4. The Morgan fingerprint density at radius 3 is 2.39 bits per heavy atom. The van der Waals surface area contributed by atoms with Crippen molar-refractivity contribution in [3.63, 3.8) is 0 Å². The van der Waals surface area contributed by atoms with Crippen LogP contribution >= 0.6 is 0 Å². The number of aryl methyl sites for hydroxylation is 1. The number of benzene rings is 2. The number of carbonyl (C=O) groups excluding carboxylic acids is 2. The average molecular weight is 380 g/mol. The van der Waals surface area contributed by atoms with Crippen LogP contribution in [0, 0.1) is 6.92 Å². The van der Waals surface area contributed by atoms with Crippen LogP contribution in [0.5, 0.6) is 0 Å². The van der Waals surface area contributed by atoms with Crippen molar-refractivity contribution in [3.8, 4) is 0 Å². The van der Waals surface area contributed by atoms with Gasteiger partial charge in [-0.3, -0.25) is 4.79 Å². The van der Waals surface area contributed by atoms with Gasteiger partial charge in [-0.1, -0.05) is 41.6 Å². The number of likely N-dealkylation sites (tertiary alicyclic amines) is 1. The Kier molecular flexibility index (Phi) is 6.62. The Morgan fingerprint density at radius 1 is 1.00 bits per heavy atom. The van der Waals surface area contributed by atoms with E-state index in [1.807, 2.05) is 61.5 Å². The first-order valence-electron chi connectivity index (χ1n) is 9.26. The minimum absolute atomic E-state index is 0.122. The highest BCUT2D eigenvalue weighted by atomic mass is 16.6. The molecule has 7 heteroatoms. The van der Waals surface area contributed by atoms with Gasteiger partial charge in [-0.25, -0.2) is 4.79 Å². The number of anilines is 2. The van der Waals surface area contributed by atoms with Gasteiger partial charge in [0.1, 0.15) is 0 Å². The summed E-state index contributed by atoms with van der Waals surface area (Å²) in [4.78, 5) is 31.2. The maximum atomic E-state index is 12.3. The first-order chi connectivity index (χ1) is 13.6. The third kappa shape index (κ3) is 5.57. The molecule has 0 unspecified atom stereocenters. The van der Waals surface area contributed by atoms with E-state index in [1.54, 1.807) is 4.90 Å². The van der Waals surface area contributed by atoms with Crippen molar-refractivity contribution in [2.24, 2.45) is 5.16 Å². The number of rotatable bonds is 5. The first-order valence-corrected chi connectivity index (χ1v) is 9.26. The lowest BCUT2D eigenvalue weighted by molar-refractivity contribution is -0.120. The fourth-order valence-electron chi connectivity index (χ4n) is 2.86. The molecular formula is C21H24N4O3. The second-order valence-electron chi connectivity index (χ2n) is 6.58. The summed E-state index contributed by atoms with van der Waals surface area (Å²) in [6.07, 6.45) is 1.25. The number of hydrogen-bond donors (Lipinski definition) is 2. The maximum Gasteiger partial charge on any atom is 0.321 e. The molecule has 0 saturated carbocycles. The summed E-state index contributed by atoms with van der Waals surface area (Å²) >= 11 is 0. The highest BCUT2D eigenvalue weighted by Gasteiger charge is 2.20. The predicted octanol–water partition coefficient (Wildman–Crippen LogP) is 3.63. The van der Waals surface area contributed by atoms with Crippen LogP contribution in [0.2, 0.25) is 0 Å². The quantitative estimate of drug-likeness (QED) is 0.777. The molecule has 146 valence electrons. The molecule has 1 aliphatic heterocycles. The van der Waals surface area contributed by atoms with Gasteiger partial charge >= 0.3 is 6.03 Å². The van der Waals surface area contributed by atoms with Crippen molar-refractivity contribution < 1.29 is 14.4 Å². The van der Waals surface area contributed by atoms with Crippen molar-refractivity contribution in [1.29, 1.82) is 0 Å². The molecule has 1 aliphatic rings. The standard InChI is InChI=1S/C21H24N4O3/c1-16-7-5-6-10-19(16)23-20(26)15-28-24-18-11-13-25(14-12-18)21(27)22-17-8-3-2-4-9-17/h2-10H,11-15H2,1H3,(H,22,27)(H,23,26). The Hall–Kier alpha value is -3.35. The van der Waals surface area contributed by atoms with Crippen molar-refractivity contribution in [2.45, 2.75) is 19.8 Å². The lowest BCUT2D eigenvalue weighted by atomic mass is 10.1. The lowest BCUT2D eigenvalue weighted by Gasteiger charge is -2.27. The molecular weight excluding hydrogens is 356 g/mol. The topological polar surface area (TPSA) is 83.0 Å². The highest BCUT2D eigenvalue weighted by molar-refractivity contribution is 5.93. The second kappa shape index (κ2) is 9.55. The number of urea groups is 1. The largest absolute Gasteiger partial charge is 0.386 e. The molecule has 28 heavy (non-hydrogen) atoms.